The molecule has 0 aliphatic carbocycles. The lowest BCUT2D eigenvalue weighted by atomic mass is 10.3. The summed E-state index contributed by atoms with van der Waals surface area (Å²) >= 11 is 4.59. The van der Waals surface area contributed by atoms with Crippen molar-refractivity contribution in [2.45, 2.75) is 11.5 Å². The highest BCUT2D eigenvalue weighted by molar-refractivity contribution is 9.10. The first-order chi connectivity index (χ1) is 12.3. The number of ether oxygens (including phenoxy) is 2. The molecular formula is C14H10BrF2N3O4S2. The molecule has 3 aromatic rings. The number of hydrogen-bond acceptors (Lipinski definition) is 7. The number of fused-ring (bicyclic) bond motifs is 1. The van der Waals surface area contributed by atoms with Crippen molar-refractivity contribution in [3.63, 3.8) is 0 Å². The Hall–Kier alpha value is -2.05. The number of aromatic nitrogens is 2. The predicted molar refractivity (Wildman–Crippen MR) is 95.5 cm³/mol. The van der Waals surface area contributed by atoms with E-state index in [0.717, 1.165) is 15.4 Å². The second kappa shape index (κ2) is 7.29. The highest BCUT2D eigenvalue weighted by Crippen LogP contribution is 2.33. The molecule has 0 aliphatic heterocycles. The van der Waals surface area contributed by atoms with Gasteiger partial charge < -0.3 is 9.47 Å². The number of sulfonamides is 1. The van der Waals surface area contributed by atoms with Crippen molar-refractivity contribution in [3.8, 4) is 11.6 Å². The molecule has 0 fully saturated rings. The fourth-order valence-electron chi connectivity index (χ4n) is 2.09. The second-order valence-corrected chi connectivity index (χ2v) is 8.27. The van der Waals surface area contributed by atoms with Gasteiger partial charge in [-0.1, -0.05) is 22.0 Å². The Balaban J connectivity index is 1.94. The highest BCUT2D eigenvalue weighted by Gasteiger charge is 2.22. The molecule has 1 N–H and O–H groups in total. The molecule has 138 valence electrons. The third kappa shape index (κ3) is 3.86. The SMILES string of the molecule is COc1nc(NS(=O)(=O)c2csc3cc(Br)ccc23)ncc1OC(F)F. The number of halogens is 3. The monoisotopic (exact) mass is 465 g/mol. The van der Waals surface area contributed by atoms with Crippen LogP contribution in [0, 0.1) is 0 Å². The maximum atomic E-state index is 12.6. The van der Waals surface area contributed by atoms with Crippen LogP contribution in [0.25, 0.3) is 10.1 Å². The van der Waals surface area contributed by atoms with Gasteiger partial charge in [-0.2, -0.15) is 13.8 Å². The lowest BCUT2D eigenvalue weighted by Gasteiger charge is -2.10. The summed E-state index contributed by atoms with van der Waals surface area (Å²) < 4.78 is 62.8. The molecule has 1 aromatic carbocycles. The van der Waals surface area contributed by atoms with E-state index in [4.69, 9.17) is 4.74 Å². The largest absolute Gasteiger partial charge is 0.478 e. The van der Waals surface area contributed by atoms with E-state index in [-0.39, 0.29) is 16.7 Å². The molecule has 7 nitrogen and oxygen atoms in total. The smallest absolute Gasteiger partial charge is 0.387 e. The van der Waals surface area contributed by atoms with Crippen molar-refractivity contribution in [1.29, 1.82) is 0 Å². The molecule has 0 atom stereocenters. The summed E-state index contributed by atoms with van der Waals surface area (Å²) in [6.45, 7) is -3.09. The van der Waals surface area contributed by atoms with Crippen LogP contribution in [0.2, 0.25) is 0 Å². The first-order valence-electron chi connectivity index (χ1n) is 6.85. The van der Waals surface area contributed by atoms with Gasteiger partial charge in [0.15, 0.2) is 0 Å². The van der Waals surface area contributed by atoms with Gasteiger partial charge in [0.25, 0.3) is 15.9 Å². The summed E-state index contributed by atoms with van der Waals surface area (Å²) in [5, 5.41) is 2.03. The van der Waals surface area contributed by atoms with Crippen LogP contribution in [0.4, 0.5) is 14.7 Å². The summed E-state index contributed by atoms with van der Waals surface area (Å²) in [5.41, 5.74) is 0. The summed E-state index contributed by atoms with van der Waals surface area (Å²) in [6, 6.07) is 5.20. The molecule has 12 heteroatoms. The normalized spacial score (nSPS) is 11.7. The zero-order chi connectivity index (χ0) is 18.9. The van der Waals surface area contributed by atoms with Gasteiger partial charge >= 0.3 is 6.61 Å². The van der Waals surface area contributed by atoms with Crippen molar-refractivity contribution in [2.75, 3.05) is 11.8 Å². The fourth-order valence-corrected chi connectivity index (χ4v) is 5.09. The molecule has 0 radical (unpaired) electrons. The molecule has 0 bridgehead atoms. The van der Waals surface area contributed by atoms with E-state index in [2.05, 4.69) is 35.4 Å². The van der Waals surface area contributed by atoms with E-state index in [1.807, 2.05) is 0 Å². The molecule has 0 aliphatic rings. The minimum Gasteiger partial charge on any atom is -0.478 e. The van der Waals surface area contributed by atoms with Gasteiger partial charge in [0.1, 0.15) is 4.90 Å². The van der Waals surface area contributed by atoms with Crippen molar-refractivity contribution in [2.24, 2.45) is 0 Å². The van der Waals surface area contributed by atoms with Gasteiger partial charge in [-0.15, -0.1) is 11.3 Å². The number of rotatable bonds is 6. The van der Waals surface area contributed by atoms with Crippen LogP contribution in [0.15, 0.2) is 39.1 Å². The first-order valence-corrected chi connectivity index (χ1v) is 10.0. The Kier molecular flexibility index (Phi) is 5.25. The Morgan fingerprint density at radius 1 is 1.35 bits per heavy atom. The van der Waals surface area contributed by atoms with Crippen LogP contribution in [-0.2, 0) is 10.0 Å². The Bertz CT molecular complexity index is 1060. The minimum absolute atomic E-state index is 0.0560. The van der Waals surface area contributed by atoms with Crippen LogP contribution in [0.3, 0.4) is 0 Å². The number of hydrogen-bond donors (Lipinski definition) is 1. The highest BCUT2D eigenvalue weighted by atomic mass is 79.9. The molecule has 0 saturated carbocycles. The molecule has 26 heavy (non-hydrogen) atoms. The van der Waals surface area contributed by atoms with E-state index >= 15 is 0 Å². The standard InChI is InChI=1S/C14H10BrF2N3O4S2/c1-23-12-9(24-13(16)17)5-18-14(19-12)20-26(21,22)11-6-25-10-4-7(15)2-3-8(10)11/h2-6,13H,1H3,(H,18,19,20). The number of anilines is 1. The zero-order valence-corrected chi connectivity index (χ0v) is 16.2. The first kappa shape index (κ1) is 18.7. The Morgan fingerprint density at radius 2 is 2.12 bits per heavy atom. The van der Waals surface area contributed by atoms with Gasteiger partial charge in [0, 0.05) is 19.9 Å². The van der Waals surface area contributed by atoms with E-state index in [1.54, 1.807) is 18.2 Å². The molecule has 0 unspecified atom stereocenters. The van der Waals surface area contributed by atoms with Gasteiger partial charge in [0.05, 0.1) is 13.3 Å². The van der Waals surface area contributed by atoms with Gasteiger partial charge in [-0.05, 0) is 12.1 Å². The second-order valence-electron chi connectivity index (χ2n) is 4.79. The van der Waals surface area contributed by atoms with E-state index in [9.17, 15) is 17.2 Å². The maximum absolute atomic E-state index is 12.6. The van der Waals surface area contributed by atoms with Crippen LogP contribution >= 0.6 is 27.3 Å². The Labute approximate surface area is 159 Å². The molecule has 0 spiro atoms. The van der Waals surface area contributed by atoms with Crippen molar-refractivity contribution >= 4 is 53.3 Å². The van der Waals surface area contributed by atoms with Crippen LogP contribution < -0.4 is 14.2 Å². The number of nitrogens with one attached hydrogen (secondary N) is 1. The van der Waals surface area contributed by atoms with E-state index in [0.29, 0.717) is 5.39 Å². The van der Waals surface area contributed by atoms with Gasteiger partial charge in [-0.25, -0.2) is 18.1 Å². The van der Waals surface area contributed by atoms with Crippen LogP contribution in [0.1, 0.15) is 0 Å². The lowest BCUT2D eigenvalue weighted by Crippen LogP contribution is -2.15. The topological polar surface area (TPSA) is 90.4 Å². The molecular weight excluding hydrogens is 456 g/mol. The summed E-state index contributed by atoms with van der Waals surface area (Å²) in [7, 11) is -2.81. The number of methoxy groups -OCH3 is 1. The third-order valence-corrected chi connectivity index (χ3v) is 6.10. The number of nitrogens with zero attached hydrogens (tertiary/aromatic N) is 2. The van der Waals surface area contributed by atoms with Gasteiger partial charge in [-0.3, -0.25) is 0 Å². The maximum Gasteiger partial charge on any atom is 0.387 e. The third-order valence-electron chi connectivity index (χ3n) is 3.15. The summed E-state index contributed by atoms with van der Waals surface area (Å²) in [6.07, 6.45) is 0.901. The lowest BCUT2D eigenvalue weighted by molar-refractivity contribution is -0.0518. The molecule has 2 heterocycles. The van der Waals surface area contributed by atoms with Crippen molar-refractivity contribution < 1.29 is 26.7 Å². The number of thiophene rings is 1. The van der Waals surface area contributed by atoms with Crippen LogP contribution in [0.5, 0.6) is 11.6 Å². The van der Waals surface area contributed by atoms with E-state index in [1.165, 1.54) is 23.8 Å². The molecule has 2 aromatic heterocycles. The number of alkyl halides is 2. The summed E-state index contributed by atoms with van der Waals surface area (Å²) in [5.74, 6) is -1.06. The van der Waals surface area contributed by atoms with Crippen LogP contribution in [-0.4, -0.2) is 32.1 Å². The predicted octanol–water partition coefficient (Wildman–Crippen LogP) is 3.86. The Morgan fingerprint density at radius 3 is 2.81 bits per heavy atom. The quantitative estimate of drug-likeness (QED) is 0.594. The molecule has 0 amide bonds. The van der Waals surface area contributed by atoms with E-state index < -0.39 is 22.4 Å². The average molecular weight is 466 g/mol. The minimum atomic E-state index is -3.99. The molecule has 0 saturated heterocycles. The molecule has 3 rings (SSSR count). The van der Waals surface area contributed by atoms with Crippen molar-refractivity contribution in [1.82, 2.24) is 9.97 Å². The average Bonchev–Trinajstić information content (AvgIpc) is 2.99. The zero-order valence-electron chi connectivity index (χ0n) is 12.9. The fraction of sp³-hybridized carbons (Fsp3) is 0.143. The number of benzene rings is 1. The van der Waals surface area contributed by atoms with Gasteiger partial charge in [0.2, 0.25) is 11.7 Å². The van der Waals surface area contributed by atoms with Crippen molar-refractivity contribution in [3.05, 3.63) is 34.2 Å². The summed E-state index contributed by atoms with van der Waals surface area (Å²) in [4.78, 5) is 7.49.